The van der Waals surface area contributed by atoms with Crippen LogP contribution in [-0.4, -0.2) is 54.7 Å². The Morgan fingerprint density at radius 2 is 1.96 bits per heavy atom. The Morgan fingerprint density at radius 3 is 2.67 bits per heavy atom. The van der Waals surface area contributed by atoms with Crippen molar-refractivity contribution in [1.29, 1.82) is 0 Å². The topological polar surface area (TPSA) is 45.7 Å². The maximum Gasteiger partial charge on any atom is 0.230 e. The zero-order valence-corrected chi connectivity index (χ0v) is 15.8. The molecule has 27 heavy (non-hydrogen) atoms. The third-order valence-electron chi connectivity index (χ3n) is 6.63. The maximum atomic E-state index is 14.2. The molecule has 0 radical (unpaired) electrons. The minimum Gasteiger partial charge on any atom is -0.381 e. The fourth-order valence-corrected chi connectivity index (χ4v) is 5.12. The number of nitrogens with zero attached hydrogens (tertiary/aromatic N) is 3. The van der Waals surface area contributed by atoms with Crippen molar-refractivity contribution in [3.05, 3.63) is 23.9 Å². The Morgan fingerprint density at radius 1 is 1.19 bits per heavy atom. The van der Waals surface area contributed by atoms with Crippen molar-refractivity contribution in [2.75, 3.05) is 31.6 Å². The van der Waals surface area contributed by atoms with E-state index >= 15 is 0 Å². The van der Waals surface area contributed by atoms with Crippen LogP contribution in [-0.2, 0) is 9.53 Å². The van der Waals surface area contributed by atoms with Gasteiger partial charge in [0.25, 0.3) is 0 Å². The maximum absolute atomic E-state index is 14.2. The third kappa shape index (κ3) is 3.42. The van der Waals surface area contributed by atoms with Crippen LogP contribution in [0.2, 0.25) is 0 Å². The summed E-state index contributed by atoms with van der Waals surface area (Å²) in [7, 11) is 1.75. The fraction of sp³-hybridized carbons (Fsp3) is 0.700. The van der Waals surface area contributed by atoms with Crippen LogP contribution >= 0.6 is 0 Å². The number of halogens is 2. The molecule has 2 saturated heterocycles. The van der Waals surface area contributed by atoms with Gasteiger partial charge in [-0.1, -0.05) is 0 Å². The van der Waals surface area contributed by atoms with Crippen LogP contribution in [0.1, 0.15) is 44.9 Å². The van der Waals surface area contributed by atoms with E-state index in [1.54, 1.807) is 7.11 Å². The molecule has 3 fully saturated rings. The van der Waals surface area contributed by atoms with E-state index in [9.17, 15) is 13.6 Å². The van der Waals surface area contributed by atoms with E-state index in [1.165, 1.54) is 0 Å². The first-order valence-corrected chi connectivity index (χ1v) is 9.92. The first-order valence-electron chi connectivity index (χ1n) is 9.92. The van der Waals surface area contributed by atoms with Gasteiger partial charge in [-0.05, 0) is 44.9 Å². The van der Waals surface area contributed by atoms with E-state index < -0.39 is 17.0 Å². The number of pyridine rings is 1. The number of piperidine rings is 1. The molecule has 0 aromatic carbocycles. The van der Waals surface area contributed by atoms with Gasteiger partial charge in [0, 0.05) is 38.9 Å². The highest BCUT2D eigenvalue weighted by atomic mass is 19.1. The van der Waals surface area contributed by atoms with Crippen LogP contribution in [0, 0.1) is 17.0 Å². The number of hydrogen-bond donors (Lipinski definition) is 0. The first-order chi connectivity index (χ1) is 13.0. The molecule has 3 aliphatic rings. The van der Waals surface area contributed by atoms with Crippen LogP contribution < -0.4 is 4.90 Å². The molecule has 1 aliphatic carbocycles. The molecule has 2 aliphatic heterocycles. The van der Waals surface area contributed by atoms with Gasteiger partial charge < -0.3 is 14.5 Å². The number of likely N-dealkylation sites (tertiary alicyclic amines) is 1. The zero-order chi connectivity index (χ0) is 19.0. The number of methoxy groups -OCH3 is 1. The number of carbonyl (C=O) groups excluding carboxylic acids is 1. The quantitative estimate of drug-likeness (QED) is 0.810. The highest BCUT2D eigenvalue weighted by Crippen LogP contribution is 2.43. The zero-order valence-electron chi connectivity index (χ0n) is 15.8. The molecule has 148 valence electrons. The molecule has 1 spiro atoms. The van der Waals surface area contributed by atoms with Gasteiger partial charge in [0.05, 0.1) is 17.7 Å². The van der Waals surface area contributed by atoms with Crippen molar-refractivity contribution in [2.24, 2.45) is 5.41 Å². The van der Waals surface area contributed by atoms with E-state index in [0.717, 1.165) is 63.8 Å². The minimum absolute atomic E-state index is 0.155. The normalized spacial score (nSPS) is 31.7. The van der Waals surface area contributed by atoms with Crippen molar-refractivity contribution in [3.8, 4) is 0 Å². The van der Waals surface area contributed by atoms with Gasteiger partial charge in [0.2, 0.25) is 5.91 Å². The van der Waals surface area contributed by atoms with E-state index in [2.05, 4.69) is 9.88 Å². The monoisotopic (exact) mass is 379 g/mol. The third-order valence-corrected chi connectivity index (χ3v) is 6.63. The number of anilines is 1. The molecule has 1 saturated carbocycles. The predicted molar refractivity (Wildman–Crippen MR) is 97.4 cm³/mol. The summed E-state index contributed by atoms with van der Waals surface area (Å²) >= 11 is 0. The summed E-state index contributed by atoms with van der Waals surface area (Å²) in [6, 6.07) is 1.15. The molecule has 7 heteroatoms. The van der Waals surface area contributed by atoms with Crippen LogP contribution in [0.3, 0.4) is 0 Å². The summed E-state index contributed by atoms with van der Waals surface area (Å²) < 4.78 is 32.8. The summed E-state index contributed by atoms with van der Waals surface area (Å²) in [4.78, 5) is 21.2. The first kappa shape index (κ1) is 18.6. The highest BCUT2D eigenvalue weighted by molar-refractivity contribution is 5.86. The molecule has 1 aromatic rings. The predicted octanol–water partition coefficient (Wildman–Crippen LogP) is 3.14. The van der Waals surface area contributed by atoms with Crippen LogP contribution in [0.15, 0.2) is 12.3 Å². The van der Waals surface area contributed by atoms with Crippen molar-refractivity contribution in [1.82, 2.24) is 9.88 Å². The van der Waals surface area contributed by atoms with E-state index in [1.807, 2.05) is 4.90 Å². The van der Waals surface area contributed by atoms with Crippen molar-refractivity contribution >= 4 is 11.7 Å². The second-order valence-corrected chi connectivity index (χ2v) is 8.18. The average molecular weight is 379 g/mol. The summed E-state index contributed by atoms with van der Waals surface area (Å²) in [6.45, 7) is 1.88. The standard InChI is InChI=1S/C20H27F2N3O2/c1-27-16-5-3-15(4-6-16)25-10-8-20(19(25)26)7-2-9-24(13-20)18-17(22)11-14(21)12-23-18/h11-12,15-16H,2-10,13H2,1H3. The molecule has 0 N–H and O–H groups in total. The molecule has 3 heterocycles. The molecule has 5 nitrogen and oxygen atoms in total. The van der Waals surface area contributed by atoms with Gasteiger partial charge in [-0.3, -0.25) is 4.79 Å². The molecule has 0 bridgehead atoms. The Kier molecular flexibility index (Phi) is 5.05. The van der Waals surface area contributed by atoms with Crippen molar-refractivity contribution in [3.63, 3.8) is 0 Å². The lowest BCUT2D eigenvalue weighted by molar-refractivity contribution is -0.139. The summed E-state index contributed by atoms with van der Waals surface area (Å²) in [5, 5.41) is 0. The number of aromatic nitrogens is 1. The molecular weight excluding hydrogens is 352 g/mol. The van der Waals surface area contributed by atoms with Gasteiger partial charge in [0.1, 0.15) is 5.82 Å². The summed E-state index contributed by atoms with van der Waals surface area (Å²) in [5.41, 5.74) is -0.459. The van der Waals surface area contributed by atoms with E-state index in [0.29, 0.717) is 25.2 Å². The molecule has 4 rings (SSSR count). The van der Waals surface area contributed by atoms with Gasteiger partial charge >= 0.3 is 0 Å². The van der Waals surface area contributed by atoms with Crippen LogP contribution in [0.4, 0.5) is 14.6 Å². The lowest BCUT2D eigenvalue weighted by Crippen LogP contribution is -2.50. The minimum atomic E-state index is -0.683. The number of rotatable bonds is 3. The Hall–Kier alpha value is -1.76. The number of carbonyl (C=O) groups is 1. The summed E-state index contributed by atoms with van der Waals surface area (Å²) in [5.74, 6) is -0.983. The van der Waals surface area contributed by atoms with Gasteiger partial charge in [0.15, 0.2) is 11.6 Å². The van der Waals surface area contributed by atoms with Gasteiger partial charge in [-0.25, -0.2) is 13.8 Å². The largest absolute Gasteiger partial charge is 0.381 e. The Bertz CT molecular complexity index is 708. The second kappa shape index (κ2) is 7.34. The Balaban J connectivity index is 1.48. The average Bonchev–Trinajstić information content (AvgIpc) is 2.98. The van der Waals surface area contributed by atoms with Crippen molar-refractivity contribution in [2.45, 2.75) is 57.1 Å². The van der Waals surface area contributed by atoms with E-state index in [4.69, 9.17) is 4.74 Å². The second-order valence-electron chi connectivity index (χ2n) is 8.18. The Labute approximate surface area is 158 Å². The molecule has 1 atom stereocenters. The van der Waals surface area contributed by atoms with Gasteiger partial charge in [-0.15, -0.1) is 0 Å². The molecular formula is C20H27F2N3O2. The SMILES string of the molecule is COC1CCC(N2CCC3(CCCN(c4ncc(F)cc4F)C3)C2=O)CC1. The molecule has 1 unspecified atom stereocenters. The fourth-order valence-electron chi connectivity index (χ4n) is 5.12. The summed E-state index contributed by atoms with van der Waals surface area (Å²) in [6.07, 6.45) is 7.75. The lowest BCUT2D eigenvalue weighted by atomic mass is 9.78. The lowest BCUT2D eigenvalue weighted by Gasteiger charge is -2.41. The molecule has 1 aromatic heterocycles. The van der Waals surface area contributed by atoms with Crippen LogP contribution in [0.5, 0.6) is 0 Å². The number of amides is 1. The number of ether oxygens (including phenoxy) is 1. The van der Waals surface area contributed by atoms with Gasteiger partial charge in [-0.2, -0.15) is 0 Å². The van der Waals surface area contributed by atoms with Crippen molar-refractivity contribution < 1.29 is 18.3 Å². The number of hydrogen-bond acceptors (Lipinski definition) is 4. The van der Waals surface area contributed by atoms with Crippen LogP contribution in [0.25, 0.3) is 0 Å². The van der Waals surface area contributed by atoms with E-state index in [-0.39, 0.29) is 11.7 Å². The molecule has 1 amide bonds. The highest BCUT2D eigenvalue weighted by Gasteiger charge is 2.51. The smallest absolute Gasteiger partial charge is 0.230 e.